The second-order valence-corrected chi connectivity index (χ2v) is 17.9. The molecule has 6 nitrogen and oxygen atoms in total. The number of allylic oxidation sites excluding steroid dienone is 4. The summed E-state index contributed by atoms with van der Waals surface area (Å²) in [5.74, 6) is -0.475. The normalized spacial score (nSPS) is 13.4. The Morgan fingerprint density at radius 1 is 0.492 bits per heavy atom. The van der Waals surface area contributed by atoms with E-state index in [4.69, 9.17) is 4.74 Å². The molecule has 3 unspecified atom stereocenters. The van der Waals surface area contributed by atoms with Gasteiger partial charge in [-0.15, -0.1) is 0 Å². The van der Waals surface area contributed by atoms with Gasteiger partial charge in [0.15, 0.2) is 0 Å². The molecule has 0 saturated heterocycles. The maximum Gasteiger partial charge on any atom is 0.306 e. The fourth-order valence-corrected chi connectivity index (χ4v) is 8.05. The Labute approximate surface area is 367 Å². The van der Waals surface area contributed by atoms with E-state index >= 15 is 0 Å². The second-order valence-electron chi connectivity index (χ2n) is 17.9. The third-order valence-electron chi connectivity index (χ3n) is 12.0. The monoisotopic (exact) mass is 832 g/mol. The van der Waals surface area contributed by atoms with Crippen LogP contribution >= 0.6 is 0 Å². The van der Waals surface area contributed by atoms with Crippen LogP contribution in [0.3, 0.4) is 0 Å². The number of ether oxygens (including phenoxy) is 1. The van der Waals surface area contributed by atoms with E-state index in [1.807, 2.05) is 0 Å². The highest BCUT2D eigenvalue weighted by Gasteiger charge is 2.24. The molecule has 0 fully saturated rings. The lowest BCUT2D eigenvalue weighted by Gasteiger charge is -2.24. The summed E-state index contributed by atoms with van der Waals surface area (Å²) < 4.78 is 5.93. The zero-order valence-corrected chi connectivity index (χ0v) is 39.7. The van der Waals surface area contributed by atoms with Crippen molar-refractivity contribution in [2.75, 3.05) is 6.61 Å². The summed E-state index contributed by atoms with van der Waals surface area (Å²) in [7, 11) is 0. The van der Waals surface area contributed by atoms with Gasteiger partial charge >= 0.3 is 5.97 Å². The van der Waals surface area contributed by atoms with E-state index in [9.17, 15) is 19.8 Å². The van der Waals surface area contributed by atoms with Gasteiger partial charge in [0.25, 0.3) is 0 Å². The molecule has 1 amide bonds. The van der Waals surface area contributed by atoms with Crippen molar-refractivity contribution in [2.24, 2.45) is 0 Å². The predicted molar refractivity (Wildman–Crippen MR) is 255 cm³/mol. The Hall–Kier alpha value is -1.66. The number of nitrogens with one attached hydrogen (secondary N) is 1. The average molecular weight is 832 g/mol. The highest BCUT2D eigenvalue weighted by atomic mass is 16.5. The lowest BCUT2D eigenvalue weighted by Crippen LogP contribution is -2.46. The van der Waals surface area contributed by atoms with E-state index in [2.05, 4.69) is 50.4 Å². The number of hydrogen-bond acceptors (Lipinski definition) is 5. The number of amides is 1. The van der Waals surface area contributed by atoms with Crippen LogP contribution in [0.15, 0.2) is 24.3 Å². The van der Waals surface area contributed by atoms with Crippen LogP contribution in [-0.4, -0.2) is 46.9 Å². The summed E-state index contributed by atoms with van der Waals surface area (Å²) >= 11 is 0. The molecular formula is C53H101NO5. The molecule has 0 radical (unpaired) electrons. The van der Waals surface area contributed by atoms with Gasteiger partial charge in [-0.25, -0.2) is 0 Å². The Morgan fingerprint density at radius 3 is 1.32 bits per heavy atom. The molecule has 0 heterocycles. The summed E-state index contributed by atoms with van der Waals surface area (Å²) in [5.41, 5.74) is 0. The molecule has 0 bridgehead atoms. The highest BCUT2D eigenvalue weighted by Crippen LogP contribution is 2.18. The third-order valence-corrected chi connectivity index (χ3v) is 12.0. The van der Waals surface area contributed by atoms with Crippen molar-refractivity contribution >= 4 is 11.9 Å². The first-order valence-corrected chi connectivity index (χ1v) is 26.1. The number of aliphatic hydroxyl groups excluding tert-OH is 2. The van der Waals surface area contributed by atoms with E-state index < -0.39 is 18.2 Å². The molecule has 0 aliphatic rings. The molecule has 3 N–H and O–H groups in total. The fourth-order valence-electron chi connectivity index (χ4n) is 8.05. The van der Waals surface area contributed by atoms with Crippen LogP contribution < -0.4 is 5.32 Å². The third kappa shape index (κ3) is 42.8. The molecule has 0 aromatic carbocycles. The quantitative estimate of drug-likeness (QED) is 0.0322. The van der Waals surface area contributed by atoms with Gasteiger partial charge in [0.05, 0.1) is 25.2 Å². The van der Waals surface area contributed by atoms with E-state index in [-0.39, 0.29) is 24.9 Å². The topological polar surface area (TPSA) is 95.9 Å². The van der Waals surface area contributed by atoms with Crippen molar-refractivity contribution in [3.63, 3.8) is 0 Å². The van der Waals surface area contributed by atoms with E-state index in [0.717, 1.165) is 64.2 Å². The van der Waals surface area contributed by atoms with Crippen molar-refractivity contribution in [1.82, 2.24) is 5.32 Å². The number of unbranched alkanes of at least 4 members (excludes halogenated alkanes) is 31. The summed E-state index contributed by atoms with van der Waals surface area (Å²) in [5, 5.41) is 23.8. The first-order valence-electron chi connectivity index (χ1n) is 26.1. The van der Waals surface area contributed by atoms with E-state index in [1.54, 1.807) is 0 Å². The molecule has 0 aromatic heterocycles. The van der Waals surface area contributed by atoms with Crippen LogP contribution in [0.1, 0.15) is 278 Å². The Morgan fingerprint density at radius 2 is 0.864 bits per heavy atom. The zero-order chi connectivity index (χ0) is 43.1. The second kappa shape index (κ2) is 47.4. The Balaban J connectivity index is 4.56. The van der Waals surface area contributed by atoms with Gasteiger partial charge in [0, 0.05) is 6.42 Å². The number of aliphatic hydroxyl groups is 2. The van der Waals surface area contributed by atoms with Crippen molar-refractivity contribution in [3.05, 3.63) is 24.3 Å². The van der Waals surface area contributed by atoms with Crippen molar-refractivity contribution in [2.45, 2.75) is 296 Å². The standard InChI is InChI=1S/C53H101NO5/c1-4-7-10-13-16-19-22-24-26-27-30-32-35-38-41-44-49(59-53(58)46-43-40-37-34-29-21-18-15-12-9-6-3)47-52(57)54-50(48-55)51(56)45-42-39-36-33-31-28-25-23-20-17-14-11-8-5-2/h16,19,24,26,49-51,55-56H,4-15,17-18,20-23,25,27-48H2,1-3H3,(H,54,57)/b19-16-,26-24-. The lowest BCUT2D eigenvalue weighted by molar-refractivity contribution is -0.151. The van der Waals surface area contributed by atoms with Gasteiger partial charge < -0.3 is 20.3 Å². The molecule has 3 atom stereocenters. The van der Waals surface area contributed by atoms with Gasteiger partial charge in [-0.2, -0.15) is 0 Å². The minimum atomic E-state index is -0.787. The van der Waals surface area contributed by atoms with Crippen LogP contribution in [0.25, 0.3) is 0 Å². The molecular weight excluding hydrogens is 731 g/mol. The number of esters is 1. The van der Waals surface area contributed by atoms with Crippen LogP contribution in [0.4, 0.5) is 0 Å². The fraction of sp³-hybridized carbons (Fsp3) is 0.887. The molecule has 0 spiro atoms. The summed E-state index contributed by atoms with van der Waals surface area (Å²) in [6, 6.07) is -0.701. The van der Waals surface area contributed by atoms with Crippen LogP contribution in [0.2, 0.25) is 0 Å². The highest BCUT2D eigenvalue weighted by molar-refractivity contribution is 5.77. The molecule has 0 rings (SSSR count). The maximum atomic E-state index is 13.2. The van der Waals surface area contributed by atoms with E-state index in [0.29, 0.717) is 19.3 Å². The number of carbonyl (C=O) groups is 2. The van der Waals surface area contributed by atoms with E-state index in [1.165, 1.54) is 167 Å². The van der Waals surface area contributed by atoms with Crippen molar-refractivity contribution in [3.8, 4) is 0 Å². The Kier molecular flexibility index (Phi) is 46.1. The minimum Gasteiger partial charge on any atom is -0.462 e. The van der Waals surface area contributed by atoms with Gasteiger partial charge in [0.2, 0.25) is 5.91 Å². The van der Waals surface area contributed by atoms with Crippen LogP contribution in [0, 0.1) is 0 Å². The molecule has 348 valence electrons. The Bertz CT molecular complexity index is 935. The van der Waals surface area contributed by atoms with Crippen LogP contribution in [-0.2, 0) is 14.3 Å². The SMILES string of the molecule is CCCCC/C=C\C/C=C\CCCCCCCC(CC(=O)NC(CO)C(O)CCCCCCCCCCCCCCCC)OC(=O)CCCCCCCCCCCCC. The minimum absolute atomic E-state index is 0.0733. The van der Waals surface area contributed by atoms with Gasteiger partial charge in [-0.3, -0.25) is 9.59 Å². The first-order chi connectivity index (χ1) is 29.0. The molecule has 0 aliphatic carbocycles. The molecule has 0 aliphatic heterocycles. The molecule has 0 aromatic rings. The molecule has 59 heavy (non-hydrogen) atoms. The smallest absolute Gasteiger partial charge is 0.306 e. The molecule has 0 saturated carbocycles. The summed E-state index contributed by atoms with van der Waals surface area (Å²) in [6.07, 6.45) is 53.7. The zero-order valence-electron chi connectivity index (χ0n) is 39.7. The predicted octanol–water partition coefficient (Wildman–Crippen LogP) is 15.5. The molecule has 6 heteroatoms. The largest absolute Gasteiger partial charge is 0.462 e. The van der Waals surface area contributed by atoms with Gasteiger partial charge in [-0.1, -0.05) is 231 Å². The average Bonchev–Trinajstić information content (AvgIpc) is 3.23. The van der Waals surface area contributed by atoms with Crippen LogP contribution in [0.5, 0.6) is 0 Å². The van der Waals surface area contributed by atoms with Gasteiger partial charge in [0.1, 0.15) is 6.10 Å². The van der Waals surface area contributed by atoms with Gasteiger partial charge in [-0.05, 0) is 57.8 Å². The lowest BCUT2D eigenvalue weighted by atomic mass is 10.0. The van der Waals surface area contributed by atoms with Crippen molar-refractivity contribution in [1.29, 1.82) is 0 Å². The first kappa shape index (κ1) is 57.3. The summed E-state index contributed by atoms with van der Waals surface area (Å²) in [4.78, 5) is 26.1. The maximum absolute atomic E-state index is 13.2. The van der Waals surface area contributed by atoms with Crippen molar-refractivity contribution < 1.29 is 24.5 Å². The number of rotatable bonds is 47. The summed E-state index contributed by atoms with van der Waals surface area (Å²) in [6.45, 7) is 6.46. The number of hydrogen-bond donors (Lipinski definition) is 3. The number of carbonyl (C=O) groups excluding carboxylic acids is 2.